The Bertz CT molecular complexity index is 711. The van der Waals surface area contributed by atoms with Crippen LogP contribution in [0.3, 0.4) is 0 Å². The molecule has 0 unspecified atom stereocenters. The topological polar surface area (TPSA) is 69.9 Å². The van der Waals surface area contributed by atoms with Gasteiger partial charge in [-0.15, -0.1) is 0 Å². The Labute approximate surface area is 104 Å². The van der Waals surface area contributed by atoms with Gasteiger partial charge in [-0.25, -0.2) is 4.98 Å². The molecule has 2 heterocycles. The number of aryl methyl sites for hydroxylation is 2. The Morgan fingerprint density at radius 1 is 1.33 bits per heavy atom. The van der Waals surface area contributed by atoms with E-state index in [4.69, 9.17) is 10.2 Å². The molecule has 0 aliphatic carbocycles. The predicted molar refractivity (Wildman–Crippen MR) is 68.8 cm³/mol. The van der Waals surface area contributed by atoms with E-state index in [-0.39, 0.29) is 0 Å². The van der Waals surface area contributed by atoms with Gasteiger partial charge in [-0.05, 0) is 18.2 Å². The van der Waals surface area contributed by atoms with Gasteiger partial charge in [-0.2, -0.15) is 5.10 Å². The van der Waals surface area contributed by atoms with Gasteiger partial charge in [0.15, 0.2) is 11.5 Å². The van der Waals surface area contributed by atoms with Gasteiger partial charge in [0.1, 0.15) is 5.52 Å². The van der Waals surface area contributed by atoms with Crippen molar-refractivity contribution < 1.29 is 4.42 Å². The molecule has 0 saturated carbocycles. The van der Waals surface area contributed by atoms with Crippen LogP contribution in [0.15, 0.2) is 28.7 Å². The van der Waals surface area contributed by atoms with Crippen molar-refractivity contribution in [3.63, 3.8) is 0 Å². The summed E-state index contributed by atoms with van der Waals surface area (Å²) < 4.78 is 7.36. The third-order valence-electron chi connectivity index (χ3n) is 2.93. The zero-order valence-electron chi connectivity index (χ0n) is 10.3. The van der Waals surface area contributed by atoms with Gasteiger partial charge in [0.25, 0.3) is 0 Å². The number of nitrogens with two attached hydrogens (primary N) is 1. The van der Waals surface area contributed by atoms with E-state index in [9.17, 15) is 0 Å². The van der Waals surface area contributed by atoms with Crippen LogP contribution in [0.1, 0.15) is 11.6 Å². The van der Waals surface area contributed by atoms with Gasteiger partial charge in [0, 0.05) is 26.1 Å². The molecule has 0 aliphatic heterocycles. The number of rotatable bonds is 2. The highest BCUT2D eigenvalue weighted by molar-refractivity contribution is 5.79. The molecular weight excluding hydrogens is 228 g/mol. The summed E-state index contributed by atoms with van der Waals surface area (Å²) in [5.74, 6) is 0.676. The van der Waals surface area contributed by atoms with Crippen LogP contribution in [0.5, 0.6) is 0 Å². The molecule has 0 spiro atoms. The summed E-state index contributed by atoms with van der Waals surface area (Å²) >= 11 is 0. The van der Waals surface area contributed by atoms with Crippen LogP contribution in [0, 0.1) is 6.92 Å². The fraction of sp³-hybridized carbons (Fsp3) is 0.231. The molecular formula is C13H14N4O. The summed E-state index contributed by atoms with van der Waals surface area (Å²) in [6.07, 6.45) is 0. The smallest absolute Gasteiger partial charge is 0.192 e. The maximum absolute atomic E-state index is 5.60. The third-order valence-corrected chi connectivity index (χ3v) is 2.93. The largest absolute Gasteiger partial charge is 0.441 e. The number of aromatic nitrogens is 3. The summed E-state index contributed by atoms with van der Waals surface area (Å²) in [4.78, 5) is 4.28. The minimum absolute atomic E-state index is 0.442. The van der Waals surface area contributed by atoms with E-state index in [2.05, 4.69) is 10.1 Å². The average Bonchev–Trinajstić information content (AvgIpc) is 2.89. The Kier molecular flexibility index (Phi) is 2.41. The molecule has 0 radical (unpaired) electrons. The Morgan fingerprint density at radius 3 is 2.89 bits per heavy atom. The zero-order chi connectivity index (χ0) is 12.7. The van der Waals surface area contributed by atoms with E-state index in [0.29, 0.717) is 12.4 Å². The first-order chi connectivity index (χ1) is 8.67. The van der Waals surface area contributed by atoms with Crippen molar-refractivity contribution in [3.05, 3.63) is 35.9 Å². The van der Waals surface area contributed by atoms with Crippen molar-refractivity contribution in [2.45, 2.75) is 13.5 Å². The lowest BCUT2D eigenvalue weighted by Crippen LogP contribution is -1.98. The van der Waals surface area contributed by atoms with Crippen molar-refractivity contribution in [3.8, 4) is 11.3 Å². The average molecular weight is 242 g/mol. The second-order valence-electron chi connectivity index (χ2n) is 4.26. The quantitative estimate of drug-likeness (QED) is 0.746. The monoisotopic (exact) mass is 242 g/mol. The highest BCUT2D eigenvalue weighted by Gasteiger charge is 2.09. The van der Waals surface area contributed by atoms with Crippen molar-refractivity contribution in [1.82, 2.24) is 14.8 Å². The molecule has 2 N–H and O–H groups in total. The first kappa shape index (κ1) is 11.0. The van der Waals surface area contributed by atoms with Crippen LogP contribution in [0.4, 0.5) is 0 Å². The van der Waals surface area contributed by atoms with Crippen molar-refractivity contribution >= 4 is 11.1 Å². The fourth-order valence-corrected chi connectivity index (χ4v) is 2.10. The van der Waals surface area contributed by atoms with Crippen LogP contribution in [-0.2, 0) is 13.6 Å². The number of hydrogen-bond donors (Lipinski definition) is 1. The molecule has 3 rings (SSSR count). The van der Waals surface area contributed by atoms with E-state index < -0.39 is 0 Å². The summed E-state index contributed by atoms with van der Waals surface area (Å²) in [7, 11) is 1.91. The number of fused-ring (bicyclic) bond motifs is 1. The highest BCUT2D eigenvalue weighted by atomic mass is 16.3. The first-order valence-corrected chi connectivity index (χ1v) is 5.78. The van der Waals surface area contributed by atoms with E-state index in [1.807, 2.05) is 42.9 Å². The van der Waals surface area contributed by atoms with Crippen LogP contribution in [-0.4, -0.2) is 14.8 Å². The van der Waals surface area contributed by atoms with Gasteiger partial charge in [-0.3, -0.25) is 4.68 Å². The number of nitrogens with zero attached hydrogens (tertiary/aromatic N) is 3. The lowest BCUT2D eigenvalue weighted by molar-refractivity contribution is 0.561. The highest BCUT2D eigenvalue weighted by Crippen LogP contribution is 2.25. The van der Waals surface area contributed by atoms with Crippen molar-refractivity contribution in [1.29, 1.82) is 0 Å². The normalized spacial score (nSPS) is 11.3. The van der Waals surface area contributed by atoms with E-state index in [1.165, 1.54) is 0 Å². The first-order valence-electron chi connectivity index (χ1n) is 5.78. The molecule has 3 aromatic rings. The summed E-state index contributed by atoms with van der Waals surface area (Å²) in [5, 5.41) is 4.34. The Hall–Kier alpha value is -2.14. The zero-order valence-corrected chi connectivity index (χ0v) is 10.3. The Morgan fingerprint density at radius 2 is 2.17 bits per heavy atom. The van der Waals surface area contributed by atoms with Gasteiger partial charge in [0.2, 0.25) is 0 Å². The molecule has 5 nitrogen and oxygen atoms in total. The maximum Gasteiger partial charge on any atom is 0.192 e. The summed E-state index contributed by atoms with van der Waals surface area (Å²) in [6.45, 7) is 2.29. The van der Waals surface area contributed by atoms with Crippen LogP contribution in [0.2, 0.25) is 0 Å². The maximum atomic E-state index is 5.60. The second-order valence-corrected chi connectivity index (χ2v) is 4.26. The molecule has 5 heteroatoms. The molecule has 0 atom stereocenters. The SMILES string of the molecule is Cc1nc2ccc(-c3cc(CN)nn3C)cc2o1. The van der Waals surface area contributed by atoms with E-state index in [1.54, 1.807) is 0 Å². The van der Waals surface area contributed by atoms with Gasteiger partial charge in [0.05, 0.1) is 11.4 Å². The van der Waals surface area contributed by atoms with E-state index in [0.717, 1.165) is 28.1 Å². The Balaban J connectivity index is 2.15. The van der Waals surface area contributed by atoms with Crippen LogP contribution in [0.25, 0.3) is 22.4 Å². The van der Waals surface area contributed by atoms with E-state index >= 15 is 0 Å². The molecule has 2 aromatic heterocycles. The lowest BCUT2D eigenvalue weighted by atomic mass is 10.1. The molecule has 0 bridgehead atoms. The molecule has 0 amide bonds. The predicted octanol–water partition coefficient (Wildman–Crippen LogP) is 2.00. The molecule has 1 aromatic carbocycles. The number of benzene rings is 1. The lowest BCUT2D eigenvalue weighted by Gasteiger charge is -2.00. The van der Waals surface area contributed by atoms with Gasteiger partial charge in [-0.1, -0.05) is 6.07 Å². The van der Waals surface area contributed by atoms with Gasteiger partial charge < -0.3 is 10.2 Å². The van der Waals surface area contributed by atoms with Gasteiger partial charge >= 0.3 is 0 Å². The van der Waals surface area contributed by atoms with Crippen LogP contribution < -0.4 is 5.73 Å². The molecule has 0 saturated heterocycles. The third kappa shape index (κ3) is 1.69. The van der Waals surface area contributed by atoms with Crippen molar-refractivity contribution in [2.75, 3.05) is 0 Å². The minimum atomic E-state index is 0.442. The molecule has 0 fully saturated rings. The van der Waals surface area contributed by atoms with Crippen LogP contribution >= 0.6 is 0 Å². The fourth-order valence-electron chi connectivity index (χ4n) is 2.10. The second kappa shape index (κ2) is 3.96. The number of oxazole rings is 1. The standard InChI is InChI=1S/C13H14N4O/c1-8-15-11-4-3-9(5-13(11)18-8)12-6-10(7-14)16-17(12)2/h3-6H,7,14H2,1-2H3. The molecule has 92 valence electrons. The molecule has 0 aliphatic rings. The summed E-state index contributed by atoms with van der Waals surface area (Å²) in [5.41, 5.74) is 10.2. The number of hydrogen-bond acceptors (Lipinski definition) is 4. The minimum Gasteiger partial charge on any atom is -0.441 e. The van der Waals surface area contributed by atoms with Crippen molar-refractivity contribution in [2.24, 2.45) is 12.8 Å². The molecule has 18 heavy (non-hydrogen) atoms. The summed E-state index contributed by atoms with van der Waals surface area (Å²) in [6, 6.07) is 7.94.